The summed E-state index contributed by atoms with van der Waals surface area (Å²) < 4.78 is 4.58. The van der Waals surface area contributed by atoms with Crippen LogP contribution in [0.2, 0.25) is 0 Å². The molecule has 0 heterocycles. The third-order valence-electron chi connectivity index (χ3n) is 2.08. The van der Waals surface area contributed by atoms with Gasteiger partial charge < -0.3 is 10.1 Å². The van der Waals surface area contributed by atoms with Crippen molar-refractivity contribution in [3.63, 3.8) is 0 Å². The average Bonchev–Trinajstić information content (AvgIpc) is 1.85. The molecule has 0 aromatic rings. The van der Waals surface area contributed by atoms with Gasteiger partial charge in [0, 0.05) is 6.04 Å². The highest BCUT2D eigenvalue weighted by Crippen LogP contribution is 2.27. The number of rotatable bonds is 2. The summed E-state index contributed by atoms with van der Waals surface area (Å²) in [4.78, 5) is 10.8. The smallest absolute Gasteiger partial charge is 0.308 e. The predicted octanol–water partition coefficient (Wildman–Crippen LogP) is 0.157. The van der Waals surface area contributed by atoms with E-state index in [1.165, 1.54) is 7.11 Å². The molecule has 1 rings (SSSR count). The van der Waals surface area contributed by atoms with Gasteiger partial charge in [-0.05, 0) is 19.9 Å². The first kappa shape index (κ1) is 7.54. The highest BCUT2D eigenvalue weighted by molar-refractivity contribution is 5.73. The fraction of sp³-hybridized carbons (Fsp3) is 0.857. The van der Waals surface area contributed by atoms with E-state index in [2.05, 4.69) is 10.1 Å². The summed E-state index contributed by atoms with van der Waals surface area (Å²) in [5.74, 6) is 0.0916. The Kier molecular flexibility index (Phi) is 2.27. The van der Waals surface area contributed by atoms with Gasteiger partial charge in [-0.3, -0.25) is 4.79 Å². The molecule has 3 heteroatoms. The fourth-order valence-electron chi connectivity index (χ4n) is 1.21. The van der Waals surface area contributed by atoms with Gasteiger partial charge in [-0.2, -0.15) is 0 Å². The van der Waals surface area contributed by atoms with Crippen LogP contribution < -0.4 is 5.32 Å². The zero-order chi connectivity index (χ0) is 7.56. The SMILES string of the molecule is CNC1CC(C(=O)OC)C1. The van der Waals surface area contributed by atoms with Crippen LogP contribution >= 0.6 is 0 Å². The second kappa shape index (κ2) is 3.01. The summed E-state index contributed by atoms with van der Waals surface area (Å²) in [6, 6.07) is 0.532. The molecule has 1 aliphatic carbocycles. The maximum atomic E-state index is 10.8. The van der Waals surface area contributed by atoms with Crippen LogP contribution in [-0.2, 0) is 9.53 Å². The number of carbonyl (C=O) groups excluding carboxylic acids is 1. The highest BCUT2D eigenvalue weighted by Gasteiger charge is 2.33. The number of hydrogen-bond acceptors (Lipinski definition) is 3. The lowest BCUT2D eigenvalue weighted by Gasteiger charge is -2.32. The molecule has 1 N–H and O–H groups in total. The molecule has 3 nitrogen and oxygen atoms in total. The topological polar surface area (TPSA) is 38.3 Å². The van der Waals surface area contributed by atoms with Crippen molar-refractivity contribution in [2.75, 3.05) is 14.2 Å². The minimum absolute atomic E-state index is 0.0634. The summed E-state index contributed by atoms with van der Waals surface area (Å²) in [5, 5.41) is 3.10. The van der Waals surface area contributed by atoms with E-state index in [1.807, 2.05) is 7.05 Å². The van der Waals surface area contributed by atoms with Crippen molar-refractivity contribution in [1.82, 2.24) is 5.32 Å². The standard InChI is InChI=1S/C7H13NO2/c1-8-6-3-5(4-6)7(9)10-2/h5-6,8H,3-4H2,1-2H3. The van der Waals surface area contributed by atoms with Gasteiger partial charge in [-0.1, -0.05) is 0 Å². The van der Waals surface area contributed by atoms with Crippen LogP contribution in [0.5, 0.6) is 0 Å². The quantitative estimate of drug-likeness (QED) is 0.559. The minimum Gasteiger partial charge on any atom is -0.469 e. The van der Waals surface area contributed by atoms with Crippen LogP contribution in [0, 0.1) is 5.92 Å². The maximum absolute atomic E-state index is 10.8. The zero-order valence-corrected chi connectivity index (χ0v) is 6.39. The Hall–Kier alpha value is -0.570. The van der Waals surface area contributed by atoms with Crippen molar-refractivity contribution < 1.29 is 9.53 Å². The molecule has 0 spiro atoms. The largest absolute Gasteiger partial charge is 0.469 e. The number of nitrogens with one attached hydrogen (secondary N) is 1. The van der Waals surface area contributed by atoms with Crippen LogP contribution in [-0.4, -0.2) is 26.2 Å². The van der Waals surface area contributed by atoms with Crippen molar-refractivity contribution >= 4 is 5.97 Å². The Balaban J connectivity index is 2.19. The van der Waals surface area contributed by atoms with Crippen molar-refractivity contribution in [3.8, 4) is 0 Å². The minimum atomic E-state index is -0.0634. The average molecular weight is 143 g/mol. The molecule has 0 aromatic carbocycles. The Bertz CT molecular complexity index is 130. The van der Waals surface area contributed by atoms with E-state index in [9.17, 15) is 4.79 Å². The number of ether oxygens (including phenoxy) is 1. The molecular formula is C7H13NO2. The molecule has 0 aliphatic heterocycles. The fourth-order valence-corrected chi connectivity index (χ4v) is 1.21. The molecule has 1 saturated carbocycles. The van der Waals surface area contributed by atoms with Crippen LogP contribution in [0.25, 0.3) is 0 Å². The summed E-state index contributed by atoms with van der Waals surface area (Å²) in [7, 11) is 3.35. The lowest BCUT2D eigenvalue weighted by atomic mass is 9.80. The highest BCUT2D eigenvalue weighted by atomic mass is 16.5. The van der Waals surface area contributed by atoms with Gasteiger partial charge >= 0.3 is 5.97 Å². The Morgan fingerprint density at radius 1 is 1.60 bits per heavy atom. The number of esters is 1. The molecule has 10 heavy (non-hydrogen) atoms. The van der Waals surface area contributed by atoms with Crippen molar-refractivity contribution in [3.05, 3.63) is 0 Å². The van der Waals surface area contributed by atoms with Crippen molar-refractivity contribution in [2.45, 2.75) is 18.9 Å². The van der Waals surface area contributed by atoms with Gasteiger partial charge in [0.15, 0.2) is 0 Å². The van der Waals surface area contributed by atoms with Crippen LogP contribution in [0.15, 0.2) is 0 Å². The van der Waals surface area contributed by atoms with Crippen LogP contribution in [0.3, 0.4) is 0 Å². The van der Waals surface area contributed by atoms with E-state index in [0.29, 0.717) is 6.04 Å². The molecule has 0 bridgehead atoms. The molecular weight excluding hydrogens is 130 g/mol. The number of methoxy groups -OCH3 is 1. The monoisotopic (exact) mass is 143 g/mol. The summed E-state index contributed by atoms with van der Waals surface area (Å²) in [5.41, 5.74) is 0. The van der Waals surface area contributed by atoms with Gasteiger partial charge in [-0.15, -0.1) is 0 Å². The van der Waals surface area contributed by atoms with Crippen LogP contribution in [0.4, 0.5) is 0 Å². The molecule has 0 amide bonds. The van der Waals surface area contributed by atoms with E-state index in [4.69, 9.17) is 0 Å². The second-order valence-electron chi connectivity index (χ2n) is 2.68. The Morgan fingerprint density at radius 3 is 2.60 bits per heavy atom. The van der Waals surface area contributed by atoms with Gasteiger partial charge in [0.05, 0.1) is 13.0 Å². The number of carbonyl (C=O) groups is 1. The maximum Gasteiger partial charge on any atom is 0.308 e. The van der Waals surface area contributed by atoms with Crippen LogP contribution in [0.1, 0.15) is 12.8 Å². The normalized spacial score (nSPS) is 31.0. The van der Waals surface area contributed by atoms with Gasteiger partial charge in [0.1, 0.15) is 0 Å². The first-order valence-electron chi connectivity index (χ1n) is 3.53. The van der Waals surface area contributed by atoms with Gasteiger partial charge in [0.2, 0.25) is 0 Å². The molecule has 0 atom stereocenters. The van der Waals surface area contributed by atoms with Crippen molar-refractivity contribution in [1.29, 1.82) is 0 Å². The predicted molar refractivity (Wildman–Crippen MR) is 37.6 cm³/mol. The van der Waals surface area contributed by atoms with E-state index >= 15 is 0 Å². The summed E-state index contributed by atoms with van der Waals surface area (Å²) >= 11 is 0. The van der Waals surface area contributed by atoms with E-state index in [1.54, 1.807) is 0 Å². The first-order chi connectivity index (χ1) is 4.77. The molecule has 0 unspecified atom stereocenters. The lowest BCUT2D eigenvalue weighted by molar-refractivity contribution is -0.149. The first-order valence-corrected chi connectivity index (χ1v) is 3.53. The Morgan fingerprint density at radius 2 is 2.20 bits per heavy atom. The molecule has 1 fully saturated rings. The Labute approximate surface area is 60.7 Å². The van der Waals surface area contributed by atoms with Gasteiger partial charge in [0.25, 0.3) is 0 Å². The molecule has 0 aromatic heterocycles. The van der Waals surface area contributed by atoms with Gasteiger partial charge in [-0.25, -0.2) is 0 Å². The summed E-state index contributed by atoms with van der Waals surface area (Å²) in [6.07, 6.45) is 1.87. The van der Waals surface area contributed by atoms with E-state index in [-0.39, 0.29) is 11.9 Å². The molecule has 0 saturated heterocycles. The van der Waals surface area contributed by atoms with E-state index < -0.39 is 0 Å². The molecule has 0 radical (unpaired) electrons. The van der Waals surface area contributed by atoms with Crippen molar-refractivity contribution in [2.24, 2.45) is 5.92 Å². The molecule has 1 aliphatic rings. The summed E-state index contributed by atoms with van der Waals surface area (Å²) in [6.45, 7) is 0. The third kappa shape index (κ3) is 1.29. The lowest BCUT2D eigenvalue weighted by Crippen LogP contribution is -2.42. The van der Waals surface area contributed by atoms with E-state index in [0.717, 1.165) is 12.8 Å². The second-order valence-corrected chi connectivity index (χ2v) is 2.68. The number of hydrogen-bond donors (Lipinski definition) is 1. The zero-order valence-electron chi connectivity index (χ0n) is 6.39. The molecule has 58 valence electrons. The third-order valence-corrected chi connectivity index (χ3v) is 2.08.